The molecule has 0 aliphatic carbocycles. The van der Waals surface area contributed by atoms with E-state index in [1.54, 1.807) is 0 Å². The van der Waals surface area contributed by atoms with E-state index in [0.717, 1.165) is 0 Å². The van der Waals surface area contributed by atoms with Crippen molar-refractivity contribution < 1.29 is 5.09 Å². The summed E-state index contributed by atoms with van der Waals surface area (Å²) in [6, 6.07) is 0. The van der Waals surface area contributed by atoms with Crippen molar-refractivity contribution in [2.24, 2.45) is 0 Å². The van der Waals surface area contributed by atoms with Crippen molar-refractivity contribution in [3.63, 3.8) is 0 Å². The van der Waals surface area contributed by atoms with Crippen LogP contribution in [-0.4, -0.2) is 50.6 Å². The van der Waals surface area contributed by atoms with E-state index in [1.807, 2.05) is 0 Å². The van der Waals surface area contributed by atoms with Gasteiger partial charge in [0.1, 0.15) is 0 Å². The summed E-state index contributed by atoms with van der Waals surface area (Å²) in [6.45, 7) is 0. The Morgan fingerprint density at radius 1 is 1.40 bits per heavy atom. The molecule has 0 bridgehead atoms. The summed E-state index contributed by atoms with van der Waals surface area (Å²) in [5.74, 6) is 0. The van der Waals surface area contributed by atoms with Crippen LogP contribution in [0.4, 0.5) is 0 Å². The van der Waals surface area contributed by atoms with Crippen LogP contribution in [0.2, 0.25) is 0 Å². The molecule has 0 unspecified atom stereocenters. The zero-order valence-corrected chi connectivity index (χ0v) is 5.86. The molecule has 0 aromatic rings. The van der Waals surface area contributed by atoms with E-state index in [1.165, 1.54) is 0 Å². The van der Waals surface area contributed by atoms with Gasteiger partial charge in [0.05, 0.1) is 5.09 Å². The van der Waals surface area contributed by atoms with Gasteiger partial charge in [-0.3, -0.25) is 0 Å². The molecule has 0 spiro atoms. The van der Waals surface area contributed by atoms with Gasteiger partial charge in [-0.15, -0.1) is 0 Å². The van der Waals surface area contributed by atoms with Gasteiger partial charge in [0, 0.05) is 0 Å². The van der Waals surface area contributed by atoms with Gasteiger partial charge in [-0.1, -0.05) is 0 Å². The molecule has 0 heterocycles. The molecule has 0 aliphatic rings. The molecule has 1 radical (unpaired) electrons. The smallest absolute Gasteiger partial charge is 0.356 e. The minimum absolute atomic E-state index is 0. The van der Waals surface area contributed by atoms with E-state index >= 15 is 0 Å². The SMILES string of the molecule is O=[N+]([O-])[O-].[Sr+]. The van der Waals surface area contributed by atoms with Crippen molar-refractivity contribution in [3.05, 3.63) is 15.3 Å². The summed E-state index contributed by atoms with van der Waals surface area (Å²) < 4.78 is 0. The van der Waals surface area contributed by atoms with Crippen molar-refractivity contribution >= 4 is 45.5 Å². The fraction of sp³-hybridized carbons (Fsp3) is 0. The first-order chi connectivity index (χ1) is 1.73. The molecule has 0 saturated heterocycles. The molecule has 0 fully saturated rings. The maximum Gasteiger partial charge on any atom is 1.00 e. The third-order valence-electron chi connectivity index (χ3n) is 0. The van der Waals surface area contributed by atoms with E-state index in [0.29, 0.717) is 0 Å². The van der Waals surface area contributed by atoms with Crippen LogP contribution in [0, 0.1) is 15.3 Å². The quantitative estimate of drug-likeness (QED) is 0.262. The van der Waals surface area contributed by atoms with Crippen molar-refractivity contribution in [1.82, 2.24) is 0 Å². The topological polar surface area (TPSA) is 66.2 Å². The monoisotopic (exact) mass is 150 g/mol. The van der Waals surface area contributed by atoms with E-state index in [4.69, 9.17) is 15.3 Å². The first-order valence-corrected chi connectivity index (χ1v) is 0.548. The number of hydrogen-bond donors (Lipinski definition) is 0. The fourth-order valence-corrected chi connectivity index (χ4v) is 0. The molecule has 4 nitrogen and oxygen atoms in total. The second-order valence-electron chi connectivity index (χ2n) is 0.224. The van der Waals surface area contributed by atoms with Crippen LogP contribution in [0.15, 0.2) is 0 Å². The predicted molar refractivity (Wildman–Crippen MR) is 16.1 cm³/mol. The molecule has 25 valence electrons. The summed E-state index contributed by atoms with van der Waals surface area (Å²) in [6.07, 6.45) is 0. The first-order valence-electron chi connectivity index (χ1n) is 0.548. The maximum absolute atomic E-state index is 8.25. The summed E-state index contributed by atoms with van der Waals surface area (Å²) in [5, 5.41) is 14.8. The van der Waals surface area contributed by atoms with Crippen LogP contribution in [0.25, 0.3) is 0 Å². The first kappa shape index (κ1) is 9.19. The van der Waals surface area contributed by atoms with Crippen LogP contribution in [-0.2, 0) is 0 Å². The van der Waals surface area contributed by atoms with Gasteiger partial charge >= 0.3 is 45.5 Å². The number of rotatable bonds is 0. The van der Waals surface area contributed by atoms with E-state index in [-0.39, 0.29) is 45.5 Å². The summed E-state index contributed by atoms with van der Waals surface area (Å²) in [5.41, 5.74) is 0. The molecule has 0 aromatic carbocycles. The summed E-state index contributed by atoms with van der Waals surface area (Å²) >= 11 is 0. The van der Waals surface area contributed by atoms with Crippen molar-refractivity contribution in [2.75, 3.05) is 0 Å². The molecule has 5 heteroatoms. The van der Waals surface area contributed by atoms with Crippen LogP contribution in [0.3, 0.4) is 0 Å². The van der Waals surface area contributed by atoms with Gasteiger partial charge in [-0.05, 0) is 0 Å². The van der Waals surface area contributed by atoms with E-state index in [2.05, 4.69) is 0 Å². The molecule has 0 aromatic heterocycles. The second-order valence-corrected chi connectivity index (χ2v) is 0.224. The standard InChI is InChI=1S/NO3.Sr/c2-1(3)4;/q-1;+1. The molecule has 0 aliphatic heterocycles. The Labute approximate surface area is 65.2 Å². The number of nitrogens with zero attached hydrogens (tertiary/aromatic N) is 1. The van der Waals surface area contributed by atoms with Crippen LogP contribution < -0.4 is 0 Å². The van der Waals surface area contributed by atoms with Crippen LogP contribution >= 0.6 is 0 Å². The summed E-state index contributed by atoms with van der Waals surface area (Å²) in [7, 11) is 0. The van der Waals surface area contributed by atoms with E-state index < -0.39 is 5.09 Å². The largest absolute Gasteiger partial charge is 1.00 e. The molecular weight excluding hydrogens is 150 g/mol. The Morgan fingerprint density at radius 3 is 1.40 bits per heavy atom. The minimum atomic E-state index is -1.75. The van der Waals surface area contributed by atoms with Crippen LogP contribution in [0.5, 0.6) is 0 Å². The fourth-order valence-electron chi connectivity index (χ4n) is 0. The second kappa shape index (κ2) is 4.68. The Balaban J connectivity index is 0. The van der Waals surface area contributed by atoms with Crippen molar-refractivity contribution in [2.45, 2.75) is 0 Å². The van der Waals surface area contributed by atoms with Gasteiger partial charge in [0.15, 0.2) is 0 Å². The predicted octanol–water partition coefficient (Wildman–Crippen LogP) is -0.620. The molecule has 0 atom stereocenters. The third kappa shape index (κ3) is 72.6. The molecule has 0 amide bonds. The Kier molecular flexibility index (Phi) is 8.60. The average molecular weight is 150 g/mol. The van der Waals surface area contributed by atoms with Crippen molar-refractivity contribution in [3.8, 4) is 0 Å². The summed E-state index contributed by atoms with van der Waals surface area (Å²) in [4.78, 5) is 8.25. The third-order valence-corrected chi connectivity index (χ3v) is 0. The zero-order valence-electron chi connectivity index (χ0n) is 2.38. The number of hydrogen-bond acceptors (Lipinski definition) is 3. The molecule has 0 rings (SSSR count). The van der Waals surface area contributed by atoms with Gasteiger partial charge in [0.2, 0.25) is 0 Å². The van der Waals surface area contributed by atoms with Gasteiger partial charge in [-0.2, -0.15) is 0 Å². The molecule has 0 saturated carbocycles. The van der Waals surface area contributed by atoms with Gasteiger partial charge < -0.3 is 15.3 Å². The Morgan fingerprint density at radius 2 is 1.40 bits per heavy atom. The normalized spacial score (nSPS) is 4.80. The minimum Gasteiger partial charge on any atom is -0.356 e. The van der Waals surface area contributed by atoms with Gasteiger partial charge in [-0.25, -0.2) is 0 Å². The Bertz CT molecular complexity index is 29.9. The molecule has 0 N–H and O–H groups in total. The van der Waals surface area contributed by atoms with Crippen molar-refractivity contribution in [1.29, 1.82) is 0 Å². The van der Waals surface area contributed by atoms with Crippen LogP contribution in [0.1, 0.15) is 0 Å². The zero-order chi connectivity index (χ0) is 3.58. The maximum atomic E-state index is 8.25. The molecular formula is NO3Sr. The average Bonchev–Trinajstić information content (AvgIpc) is 0.811. The Hall–Kier alpha value is 0.681. The molecule has 5 heavy (non-hydrogen) atoms. The van der Waals surface area contributed by atoms with Gasteiger partial charge in [0.25, 0.3) is 0 Å². The van der Waals surface area contributed by atoms with E-state index in [9.17, 15) is 0 Å².